The monoisotopic (exact) mass is 239 g/mol. The average molecular weight is 239 g/mol. The van der Waals surface area contributed by atoms with Crippen LogP contribution in [0.15, 0.2) is 5.51 Å². The van der Waals surface area contributed by atoms with Gasteiger partial charge in [0.25, 0.3) is 0 Å². The average Bonchev–Trinajstić information content (AvgIpc) is 2.73. The van der Waals surface area contributed by atoms with Crippen molar-refractivity contribution in [2.75, 3.05) is 6.54 Å². The fraction of sp³-hybridized carbons (Fsp3) is 0.636. The summed E-state index contributed by atoms with van der Waals surface area (Å²) in [5.74, 6) is 0.173. The third-order valence-corrected chi connectivity index (χ3v) is 3.99. The minimum absolute atomic E-state index is 0.0416. The molecule has 2 rings (SSSR count). The topological polar surface area (TPSA) is 59.2 Å². The molecule has 1 saturated heterocycles. The molecule has 1 aliphatic heterocycles. The normalized spacial score (nSPS) is 25.4. The van der Waals surface area contributed by atoms with Gasteiger partial charge in [0.15, 0.2) is 0 Å². The van der Waals surface area contributed by atoms with E-state index >= 15 is 0 Å². The Bertz CT molecular complexity index is 390. The number of carbonyl (C=O) groups is 1. The maximum absolute atomic E-state index is 11.8. The van der Waals surface area contributed by atoms with Gasteiger partial charge in [0.1, 0.15) is 0 Å². The van der Waals surface area contributed by atoms with Gasteiger partial charge in [-0.2, -0.15) is 0 Å². The lowest BCUT2D eigenvalue weighted by atomic mass is 10.1. The highest BCUT2D eigenvalue weighted by atomic mass is 32.1. The van der Waals surface area contributed by atoms with E-state index in [9.17, 15) is 4.79 Å². The third-order valence-electron chi connectivity index (χ3n) is 2.99. The Morgan fingerprint density at radius 2 is 2.44 bits per heavy atom. The Hall–Kier alpha value is -0.940. The van der Waals surface area contributed by atoms with Crippen LogP contribution >= 0.6 is 11.3 Å². The fourth-order valence-electron chi connectivity index (χ4n) is 2.25. The molecule has 88 valence electrons. The second kappa shape index (κ2) is 4.51. The molecule has 0 aromatic carbocycles. The number of aromatic nitrogens is 1. The Labute approximate surface area is 99.5 Å². The van der Waals surface area contributed by atoms with Crippen LogP contribution in [0.1, 0.15) is 36.4 Å². The van der Waals surface area contributed by atoms with Gasteiger partial charge in [-0.25, -0.2) is 4.98 Å². The first-order chi connectivity index (χ1) is 7.65. The van der Waals surface area contributed by atoms with Crippen molar-refractivity contribution in [2.45, 2.75) is 38.8 Å². The van der Waals surface area contributed by atoms with Gasteiger partial charge in [0, 0.05) is 19.0 Å². The lowest BCUT2D eigenvalue weighted by Gasteiger charge is -2.25. The molecule has 5 heteroatoms. The van der Waals surface area contributed by atoms with Crippen LogP contribution in [0.4, 0.5) is 0 Å². The smallest absolute Gasteiger partial charge is 0.224 e. The van der Waals surface area contributed by atoms with Gasteiger partial charge in [-0.1, -0.05) is 6.92 Å². The molecule has 0 unspecified atom stereocenters. The van der Waals surface area contributed by atoms with E-state index in [1.165, 1.54) is 0 Å². The Kier molecular flexibility index (Phi) is 3.25. The largest absolute Gasteiger partial charge is 0.333 e. The van der Waals surface area contributed by atoms with Crippen molar-refractivity contribution in [3.05, 3.63) is 16.1 Å². The number of nitrogens with two attached hydrogens (primary N) is 1. The molecular weight excluding hydrogens is 222 g/mol. The highest BCUT2D eigenvalue weighted by molar-refractivity contribution is 7.09. The second-order valence-electron chi connectivity index (χ2n) is 4.20. The molecule has 1 aromatic heterocycles. The second-order valence-corrected chi connectivity index (χ2v) is 5.09. The predicted octanol–water partition coefficient (Wildman–Crippen LogP) is 1.46. The van der Waals surface area contributed by atoms with Crippen LogP contribution in [-0.4, -0.2) is 28.4 Å². The lowest BCUT2D eigenvalue weighted by Crippen LogP contribution is -2.33. The Morgan fingerprint density at radius 3 is 3.00 bits per heavy atom. The van der Waals surface area contributed by atoms with Crippen molar-refractivity contribution >= 4 is 17.2 Å². The SMILES string of the molecule is CCCN1C(=O)C[C@H](N)[C@H]1c1scnc1C. The summed E-state index contributed by atoms with van der Waals surface area (Å²) >= 11 is 1.60. The van der Waals surface area contributed by atoms with Crippen molar-refractivity contribution < 1.29 is 4.79 Å². The maximum atomic E-state index is 11.8. The molecule has 2 atom stereocenters. The van der Waals surface area contributed by atoms with Gasteiger partial charge in [-0.3, -0.25) is 4.79 Å². The van der Waals surface area contributed by atoms with Crippen molar-refractivity contribution in [3.63, 3.8) is 0 Å². The number of carbonyl (C=O) groups excluding carboxylic acids is 1. The van der Waals surface area contributed by atoms with Crippen LogP contribution in [-0.2, 0) is 4.79 Å². The van der Waals surface area contributed by atoms with Crippen molar-refractivity contribution in [2.24, 2.45) is 5.73 Å². The van der Waals surface area contributed by atoms with Crippen LogP contribution in [0, 0.1) is 6.92 Å². The molecule has 0 radical (unpaired) electrons. The zero-order valence-corrected chi connectivity index (χ0v) is 10.5. The summed E-state index contributed by atoms with van der Waals surface area (Å²) in [6.45, 7) is 4.84. The molecule has 1 aromatic rings. The van der Waals surface area contributed by atoms with E-state index in [0.717, 1.165) is 23.5 Å². The maximum Gasteiger partial charge on any atom is 0.224 e. The van der Waals surface area contributed by atoms with E-state index in [1.54, 1.807) is 11.3 Å². The minimum atomic E-state index is -0.0850. The number of nitrogens with zero attached hydrogens (tertiary/aromatic N) is 2. The zero-order valence-electron chi connectivity index (χ0n) is 9.64. The third kappa shape index (κ3) is 1.85. The van der Waals surface area contributed by atoms with Crippen molar-refractivity contribution in [3.8, 4) is 0 Å². The molecule has 0 saturated carbocycles. The van der Waals surface area contributed by atoms with E-state index in [-0.39, 0.29) is 18.0 Å². The molecule has 4 nitrogen and oxygen atoms in total. The van der Waals surface area contributed by atoms with E-state index in [1.807, 2.05) is 17.3 Å². The quantitative estimate of drug-likeness (QED) is 0.868. The van der Waals surface area contributed by atoms with E-state index in [0.29, 0.717) is 6.42 Å². The summed E-state index contributed by atoms with van der Waals surface area (Å²) in [5.41, 5.74) is 8.89. The van der Waals surface area contributed by atoms with Crippen LogP contribution < -0.4 is 5.73 Å². The molecule has 1 amide bonds. The zero-order chi connectivity index (χ0) is 11.7. The number of likely N-dealkylation sites (tertiary alicyclic amines) is 1. The first-order valence-corrected chi connectivity index (χ1v) is 6.48. The van der Waals surface area contributed by atoms with Gasteiger partial charge in [-0.15, -0.1) is 11.3 Å². The summed E-state index contributed by atoms with van der Waals surface area (Å²) in [6, 6.07) is -0.0434. The van der Waals surface area contributed by atoms with Crippen molar-refractivity contribution in [1.29, 1.82) is 0 Å². The van der Waals surface area contributed by atoms with Gasteiger partial charge in [-0.05, 0) is 13.3 Å². The first-order valence-electron chi connectivity index (χ1n) is 5.60. The fourth-order valence-corrected chi connectivity index (χ4v) is 3.24. The molecule has 2 N–H and O–H groups in total. The van der Waals surface area contributed by atoms with Gasteiger partial charge in [0.05, 0.1) is 22.1 Å². The Balaban J connectivity index is 2.30. The van der Waals surface area contributed by atoms with E-state index < -0.39 is 0 Å². The van der Waals surface area contributed by atoms with Gasteiger partial charge < -0.3 is 10.6 Å². The minimum Gasteiger partial charge on any atom is -0.333 e. The number of aryl methyl sites for hydroxylation is 1. The lowest BCUT2D eigenvalue weighted by molar-refractivity contribution is -0.129. The summed E-state index contributed by atoms with van der Waals surface area (Å²) in [6.07, 6.45) is 1.43. The van der Waals surface area contributed by atoms with Crippen molar-refractivity contribution in [1.82, 2.24) is 9.88 Å². The van der Waals surface area contributed by atoms with Crippen LogP contribution in [0.25, 0.3) is 0 Å². The first kappa shape index (κ1) is 11.5. The van der Waals surface area contributed by atoms with Gasteiger partial charge in [0.2, 0.25) is 5.91 Å². The molecule has 1 aliphatic rings. The molecule has 1 fully saturated rings. The summed E-state index contributed by atoms with van der Waals surface area (Å²) in [5, 5.41) is 0. The highest BCUT2D eigenvalue weighted by Crippen LogP contribution is 2.35. The summed E-state index contributed by atoms with van der Waals surface area (Å²) < 4.78 is 0. The molecule has 0 spiro atoms. The predicted molar refractivity (Wildman–Crippen MR) is 64.2 cm³/mol. The summed E-state index contributed by atoms with van der Waals surface area (Å²) in [7, 11) is 0. The van der Waals surface area contributed by atoms with E-state index in [2.05, 4.69) is 11.9 Å². The summed E-state index contributed by atoms with van der Waals surface area (Å²) in [4.78, 5) is 19.1. The number of hydrogen-bond donors (Lipinski definition) is 1. The highest BCUT2D eigenvalue weighted by Gasteiger charge is 2.39. The number of thiazole rings is 1. The molecule has 2 heterocycles. The van der Waals surface area contributed by atoms with Crippen LogP contribution in [0.3, 0.4) is 0 Å². The molecule has 0 bridgehead atoms. The van der Waals surface area contributed by atoms with E-state index in [4.69, 9.17) is 5.73 Å². The molecule has 0 aliphatic carbocycles. The standard InChI is InChI=1S/C11H17N3OS/c1-3-4-14-9(15)5-8(12)10(14)11-7(2)13-6-16-11/h6,8,10H,3-5,12H2,1-2H3/t8-,10-/m0/s1. The van der Waals surface area contributed by atoms with Gasteiger partial charge >= 0.3 is 0 Å². The number of hydrogen-bond acceptors (Lipinski definition) is 4. The number of amides is 1. The molecule has 16 heavy (non-hydrogen) atoms. The van der Waals surface area contributed by atoms with Crippen LogP contribution in [0.2, 0.25) is 0 Å². The number of rotatable bonds is 3. The Morgan fingerprint density at radius 1 is 1.69 bits per heavy atom. The van der Waals surface area contributed by atoms with Crippen LogP contribution in [0.5, 0.6) is 0 Å². The molecular formula is C11H17N3OS.